The van der Waals surface area contributed by atoms with E-state index in [1.807, 2.05) is 30.3 Å². The molecule has 178 valence electrons. The molecule has 0 amide bonds. The van der Waals surface area contributed by atoms with Crippen LogP contribution in [-0.4, -0.2) is 48.4 Å². The molecule has 1 aliphatic rings. The molecule has 0 bridgehead atoms. The molecule has 0 heterocycles. The van der Waals surface area contributed by atoms with Crippen molar-refractivity contribution in [1.29, 1.82) is 0 Å². The van der Waals surface area contributed by atoms with E-state index in [2.05, 4.69) is 0 Å². The second kappa shape index (κ2) is 9.55. The van der Waals surface area contributed by atoms with E-state index >= 15 is 0 Å². The molecule has 7 heteroatoms. The summed E-state index contributed by atoms with van der Waals surface area (Å²) in [6, 6.07) is 14.7. The van der Waals surface area contributed by atoms with Gasteiger partial charge in [0.1, 0.15) is 34.5 Å². The summed E-state index contributed by atoms with van der Waals surface area (Å²) in [5.74, 6) is 2.59. The van der Waals surface area contributed by atoms with Crippen LogP contribution in [0, 0.1) is 0 Å². The van der Waals surface area contributed by atoms with Gasteiger partial charge in [-0.1, -0.05) is 6.07 Å². The Morgan fingerprint density at radius 1 is 0.559 bits per heavy atom. The molecule has 2 atom stereocenters. The zero-order chi connectivity index (χ0) is 24.4. The van der Waals surface area contributed by atoms with Gasteiger partial charge in [-0.3, -0.25) is 4.79 Å². The Labute approximate surface area is 199 Å². The molecule has 34 heavy (non-hydrogen) atoms. The smallest absolute Gasteiger partial charge is 0.171 e. The van der Waals surface area contributed by atoms with Crippen LogP contribution in [0.5, 0.6) is 34.5 Å². The standard InChI is InChI=1S/C27H28O7/c1-29-16-7-8-20(22(13-16)33-5)26-24(15-9-17(30-2)11-18(10-15)31-3)27(28)21-12-19(32-4)14-23(34-6)25(21)26/h7-14,24,26H,1-6H3/t24-,26-/m1/s1. The fourth-order valence-corrected chi connectivity index (χ4v) is 4.66. The Morgan fingerprint density at radius 3 is 1.68 bits per heavy atom. The van der Waals surface area contributed by atoms with Crippen LogP contribution in [0.3, 0.4) is 0 Å². The first-order valence-electron chi connectivity index (χ1n) is 10.7. The highest BCUT2D eigenvalue weighted by molar-refractivity contribution is 6.08. The van der Waals surface area contributed by atoms with Gasteiger partial charge in [-0.15, -0.1) is 0 Å². The molecule has 0 unspecified atom stereocenters. The summed E-state index contributed by atoms with van der Waals surface area (Å²) in [6.45, 7) is 0. The van der Waals surface area contributed by atoms with E-state index in [1.165, 1.54) is 0 Å². The largest absolute Gasteiger partial charge is 0.497 e. The van der Waals surface area contributed by atoms with Crippen LogP contribution in [0.15, 0.2) is 48.5 Å². The minimum absolute atomic E-state index is 0.0506. The van der Waals surface area contributed by atoms with Crippen molar-refractivity contribution in [1.82, 2.24) is 0 Å². The predicted octanol–water partition coefficient (Wildman–Crippen LogP) is 4.85. The zero-order valence-electron chi connectivity index (χ0n) is 20.1. The van der Waals surface area contributed by atoms with Gasteiger partial charge in [0.25, 0.3) is 0 Å². The van der Waals surface area contributed by atoms with Crippen LogP contribution < -0.4 is 28.4 Å². The minimum Gasteiger partial charge on any atom is -0.497 e. The maximum absolute atomic E-state index is 14.0. The molecule has 0 saturated heterocycles. The summed E-state index contributed by atoms with van der Waals surface area (Å²) in [5.41, 5.74) is 2.93. The van der Waals surface area contributed by atoms with Gasteiger partial charge in [0.2, 0.25) is 0 Å². The first kappa shape index (κ1) is 23.3. The monoisotopic (exact) mass is 464 g/mol. The van der Waals surface area contributed by atoms with Crippen molar-refractivity contribution < 1.29 is 33.2 Å². The Kier molecular flexibility index (Phi) is 6.54. The molecule has 0 N–H and O–H groups in total. The Morgan fingerprint density at radius 2 is 1.12 bits per heavy atom. The second-order valence-electron chi connectivity index (χ2n) is 7.86. The number of ketones is 1. The third-order valence-electron chi connectivity index (χ3n) is 6.27. The van der Waals surface area contributed by atoms with E-state index in [-0.39, 0.29) is 11.7 Å². The van der Waals surface area contributed by atoms with Gasteiger partial charge in [-0.25, -0.2) is 0 Å². The molecule has 0 aliphatic heterocycles. The molecule has 3 aromatic rings. The quantitative estimate of drug-likeness (QED) is 0.472. The zero-order valence-corrected chi connectivity index (χ0v) is 20.1. The normalized spacial score (nSPS) is 16.6. The van der Waals surface area contributed by atoms with Crippen molar-refractivity contribution in [3.05, 3.63) is 70.8 Å². The van der Waals surface area contributed by atoms with Gasteiger partial charge in [0.05, 0.1) is 48.6 Å². The van der Waals surface area contributed by atoms with Crippen molar-refractivity contribution in [2.75, 3.05) is 42.7 Å². The lowest BCUT2D eigenvalue weighted by molar-refractivity contribution is 0.0967. The number of fused-ring (bicyclic) bond motifs is 1. The van der Waals surface area contributed by atoms with Gasteiger partial charge >= 0.3 is 0 Å². The van der Waals surface area contributed by atoms with Crippen LogP contribution in [-0.2, 0) is 0 Å². The van der Waals surface area contributed by atoms with Crippen molar-refractivity contribution in [2.24, 2.45) is 0 Å². The number of carbonyl (C=O) groups excluding carboxylic acids is 1. The fourth-order valence-electron chi connectivity index (χ4n) is 4.66. The molecule has 4 rings (SSSR count). The van der Waals surface area contributed by atoms with E-state index in [0.29, 0.717) is 40.1 Å². The molecule has 1 aliphatic carbocycles. The molecule has 0 spiro atoms. The van der Waals surface area contributed by atoms with Crippen molar-refractivity contribution >= 4 is 5.78 Å². The second-order valence-corrected chi connectivity index (χ2v) is 7.86. The lowest BCUT2D eigenvalue weighted by atomic mass is 9.80. The lowest BCUT2D eigenvalue weighted by Gasteiger charge is -2.24. The van der Waals surface area contributed by atoms with E-state index in [1.54, 1.807) is 60.9 Å². The van der Waals surface area contributed by atoms with Gasteiger partial charge < -0.3 is 28.4 Å². The van der Waals surface area contributed by atoms with E-state index in [9.17, 15) is 4.79 Å². The number of Topliss-reactive ketones (excluding diaryl/α,β-unsaturated/α-hetero) is 1. The van der Waals surface area contributed by atoms with Crippen LogP contribution >= 0.6 is 0 Å². The van der Waals surface area contributed by atoms with Gasteiger partial charge in [0.15, 0.2) is 5.78 Å². The summed E-state index contributed by atoms with van der Waals surface area (Å²) in [5, 5.41) is 0. The predicted molar refractivity (Wildman–Crippen MR) is 128 cm³/mol. The average Bonchev–Trinajstić information content (AvgIpc) is 3.19. The third kappa shape index (κ3) is 3.87. The SMILES string of the molecule is COc1cc(OC)cc([C@H]2C(=O)c3cc(OC)cc(OC)c3[C@@H]2c2ccc(OC)cc2OC)c1. The highest BCUT2D eigenvalue weighted by Crippen LogP contribution is 2.54. The van der Waals surface area contributed by atoms with E-state index in [4.69, 9.17) is 28.4 Å². The molecular weight excluding hydrogens is 436 g/mol. The Balaban J connectivity index is 2.02. The van der Waals surface area contributed by atoms with Gasteiger partial charge in [-0.2, -0.15) is 0 Å². The fraction of sp³-hybridized carbons (Fsp3) is 0.296. The van der Waals surface area contributed by atoms with Crippen LogP contribution in [0.2, 0.25) is 0 Å². The summed E-state index contributed by atoms with van der Waals surface area (Å²) < 4.78 is 33.3. The summed E-state index contributed by atoms with van der Waals surface area (Å²) in [6.07, 6.45) is 0. The summed E-state index contributed by atoms with van der Waals surface area (Å²) >= 11 is 0. The maximum atomic E-state index is 14.0. The van der Waals surface area contributed by atoms with Crippen LogP contribution in [0.25, 0.3) is 0 Å². The highest BCUT2D eigenvalue weighted by atomic mass is 16.5. The van der Waals surface area contributed by atoms with E-state index in [0.717, 1.165) is 16.7 Å². The van der Waals surface area contributed by atoms with Crippen LogP contribution in [0.4, 0.5) is 0 Å². The molecule has 7 nitrogen and oxygen atoms in total. The van der Waals surface area contributed by atoms with Crippen LogP contribution in [0.1, 0.15) is 38.9 Å². The number of hydrogen-bond acceptors (Lipinski definition) is 7. The number of benzene rings is 3. The van der Waals surface area contributed by atoms with Crippen molar-refractivity contribution in [3.8, 4) is 34.5 Å². The Hall–Kier alpha value is -3.87. The molecule has 0 saturated carbocycles. The molecule has 0 radical (unpaired) electrons. The van der Waals surface area contributed by atoms with Gasteiger partial charge in [0, 0.05) is 40.8 Å². The minimum atomic E-state index is -0.567. The number of rotatable bonds is 8. The molecule has 0 fully saturated rings. The number of methoxy groups -OCH3 is 6. The summed E-state index contributed by atoms with van der Waals surface area (Å²) in [7, 11) is 9.52. The number of hydrogen-bond donors (Lipinski definition) is 0. The average molecular weight is 465 g/mol. The molecular formula is C27H28O7. The van der Waals surface area contributed by atoms with Crippen molar-refractivity contribution in [2.45, 2.75) is 11.8 Å². The van der Waals surface area contributed by atoms with Crippen molar-refractivity contribution in [3.63, 3.8) is 0 Å². The molecule has 0 aromatic heterocycles. The number of carbonyl (C=O) groups is 1. The Bertz CT molecular complexity index is 1200. The first-order chi connectivity index (χ1) is 16.5. The van der Waals surface area contributed by atoms with E-state index < -0.39 is 5.92 Å². The topological polar surface area (TPSA) is 72.5 Å². The lowest BCUT2D eigenvalue weighted by Crippen LogP contribution is -2.14. The summed E-state index contributed by atoms with van der Waals surface area (Å²) in [4.78, 5) is 14.0. The highest BCUT2D eigenvalue weighted by Gasteiger charge is 2.45. The number of ether oxygens (including phenoxy) is 6. The van der Waals surface area contributed by atoms with Gasteiger partial charge in [-0.05, 0) is 29.8 Å². The molecule has 3 aromatic carbocycles. The third-order valence-corrected chi connectivity index (χ3v) is 6.27. The first-order valence-corrected chi connectivity index (χ1v) is 10.7. The maximum Gasteiger partial charge on any atom is 0.171 e.